The van der Waals surface area contributed by atoms with Gasteiger partial charge in [-0.05, 0) is 49.7 Å². The SMILES string of the molecule is CC(N)CCNC(=O)c1ccc(SCc2cn3ccccc3n2)cc1. The fourth-order valence-electron chi connectivity index (χ4n) is 2.43. The molecular weight excluding hydrogens is 332 g/mol. The van der Waals surface area contributed by atoms with Crippen LogP contribution < -0.4 is 11.1 Å². The Morgan fingerprint density at radius 1 is 1.28 bits per heavy atom. The first kappa shape index (κ1) is 17.5. The van der Waals surface area contributed by atoms with Crippen molar-refractivity contribution in [3.63, 3.8) is 0 Å². The summed E-state index contributed by atoms with van der Waals surface area (Å²) in [5, 5.41) is 2.88. The number of hydrogen-bond donors (Lipinski definition) is 2. The molecular formula is C19H22N4OS. The zero-order chi connectivity index (χ0) is 17.6. The van der Waals surface area contributed by atoms with E-state index in [4.69, 9.17) is 5.73 Å². The number of fused-ring (bicyclic) bond motifs is 1. The topological polar surface area (TPSA) is 72.4 Å². The Morgan fingerprint density at radius 2 is 2.08 bits per heavy atom. The number of thioether (sulfide) groups is 1. The average molecular weight is 354 g/mol. The lowest BCUT2D eigenvalue weighted by molar-refractivity contribution is 0.0952. The summed E-state index contributed by atoms with van der Waals surface area (Å²) in [6.07, 6.45) is 4.82. The van der Waals surface area contributed by atoms with Crippen molar-refractivity contribution in [1.29, 1.82) is 0 Å². The van der Waals surface area contributed by atoms with E-state index < -0.39 is 0 Å². The number of carbonyl (C=O) groups excluding carboxylic acids is 1. The van der Waals surface area contributed by atoms with Crippen molar-refractivity contribution in [2.24, 2.45) is 5.73 Å². The fourth-order valence-corrected chi connectivity index (χ4v) is 3.21. The Morgan fingerprint density at radius 3 is 2.80 bits per heavy atom. The van der Waals surface area contributed by atoms with Crippen molar-refractivity contribution in [2.75, 3.05) is 6.54 Å². The number of imidazole rings is 1. The highest BCUT2D eigenvalue weighted by atomic mass is 32.2. The molecule has 1 unspecified atom stereocenters. The van der Waals surface area contributed by atoms with Gasteiger partial charge in [0.05, 0.1) is 5.69 Å². The third-order valence-electron chi connectivity index (χ3n) is 3.80. The van der Waals surface area contributed by atoms with Gasteiger partial charge in [0.25, 0.3) is 5.91 Å². The molecule has 130 valence electrons. The monoisotopic (exact) mass is 354 g/mol. The van der Waals surface area contributed by atoms with Crippen molar-refractivity contribution < 1.29 is 4.79 Å². The van der Waals surface area contributed by atoms with Crippen molar-refractivity contribution in [1.82, 2.24) is 14.7 Å². The molecule has 6 heteroatoms. The Balaban J connectivity index is 1.54. The highest BCUT2D eigenvalue weighted by molar-refractivity contribution is 7.98. The van der Waals surface area contributed by atoms with Crippen LogP contribution in [0.1, 0.15) is 29.4 Å². The predicted molar refractivity (Wildman–Crippen MR) is 102 cm³/mol. The summed E-state index contributed by atoms with van der Waals surface area (Å²) in [5.74, 6) is 0.735. The molecule has 0 fully saturated rings. The molecule has 3 N–H and O–H groups in total. The number of nitrogens with zero attached hydrogens (tertiary/aromatic N) is 2. The van der Waals surface area contributed by atoms with E-state index >= 15 is 0 Å². The summed E-state index contributed by atoms with van der Waals surface area (Å²) in [6, 6.07) is 13.7. The van der Waals surface area contributed by atoms with E-state index in [9.17, 15) is 4.79 Å². The van der Waals surface area contributed by atoms with Gasteiger partial charge < -0.3 is 15.5 Å². The highest BCUT2D eigenvalue weighted by Crippen LogP contribution is 2.23. The molecule has 2 heterocycles. The number of hydrogen-bond acceptors (Lipinski definition) is 4. The third kappa shape index (κ3) is 4.84. The number of nitrogens with two attached hydrogens (primary N) is 1. The Labute approximate surface area is 151 Å². The first-order valence-corrected chi connectivity index (χ1v) is 9.29. The smallest absolute Gasteiger partial charge is 0.251 e. The molecule has 1 aromatic carbocycles. The molecule has 3 rings (SSSR count). The second-order valence-electron chi connectivity index (χ2n) is 6.03. The Bertz CT molecular complexity index is 809. The van der Waals surface area contributed by atoms with Gasteiger partial charge in [0.2, 0.25) is 0 Å². The normalized spacial score (nSPS) is 12.2. The minimum absolute atomic E-state index is 0.0578. The molecule has 1 amide bonds. The number of rotatable bonds is 7. The summed E-state index contributed by atoms with van der Waals surface area (Å²) < 4.78 is 2.02. The van der Waals surface area contributed by atoms with Crippen molar-refractivity contribution in [3.8, 4) is 0 Å². The van der Waals surface area contributed by atoms with Crippen LogP contribution in [-0.2, 0) is 5.75 Å². The summed E-state index contributed by atoms with van der Waals surface area (Å²) in [6.45, 7) is 2.53. The molecule has 2 aromatic heterocycles. The van der Waals surface area contributed by atoms with Gasteiger partial charge in [0.1, 0.15) is 5.65 Å². The quantitative estimate of drug-likeness (QED) is 0.640. The van der Waals surface area contributed by atoms with Gasteiger partial charge in [-0.15, -0.1) is 11.8 Å². The molecule has 1 atom stereocenters. The van der Waals surface area contributed by atoms with Gasteiger partial charge in [0.15, 0.2) is 0 Å². The van der Waals surface area contributed by atoms with Crippen LogP contribution in [-0.4, -0.2) is 27.9 Å². The number of carbonyl (C=O) groups is 1. The number of benzene rings is 1. The van der Waals surface area contributed by atoms with E-state index in [1.165, 1.54) is 0 Å². The lowest BCUT2D eigenvalue weighted by Gasteiger charge is -2.07. The summed E-state index contributed by atoms with van der Waals surface area (Å²) in [5.41, 5.74) is 8.34. The maximum absolute atomic E-state index is 12.0. The highest BCUT2D eigenvalue weighted by Gasteiger charge is 2.06. The maximum atomic E-state index is 12.0. The van der Waals surface area contributed by atoms with Crippen LogP contribution in [0.2, 0.25) is 0 Å². The van der Waals surface area contributed by atoms with E-state index in [0.717, 1.165) is 28.4 Å². The van der Waals surface area contributed by atoms with Crippen LogP contribution in [0, 0.1) is 0 Å². The van der Waals surface area contributed by atoms with Gasteiger partial charge in [-0.3, -0.25) is 4.79 Å². The molecule has 0 bridgehead atoms. The van der Waals surface area contributed by atoms with Gasteiger partial charge in [-0.2, -0.15) is 0 Å². The predicted octanol–water partition coefficient (Wildman–Crippen LogP) is 3.09. The maximum Gasteiger partial charge on any atom is 0.251 e. The van der Waals surface area contributed by atoms with Crippen LogP contribution in [0.5, 0.6) is 0 Å². The summed E-state index contributed by atoms with van der Waals surface area (Å²) >= 11 is 1.71. The summed E-state index contributed by atoms with van der Waals surface area (Å²) in [7, 11) is 0. The lowest BCUT2D eigenvalue weighted by atomic mass is 10.2. The van der Waals surface area contributed by atoms with Crippen LogP contribution in [0.25, 0.3) is 5.65 Å². The molecule has 0 saturated heterocycles. The second kappa shape index (κ2) is 8.18. The first-order valence-electron chi connectivity index (χ1n) is 8.31. The number of aromatic nitrogens is 2. The lowest BCUT2D eigenvalue weighted by Crippen LogP contribution is -2.28. The molecule has 0 spiro atoms. The molecule has 0 aliphatic heterocycles. The van der Waals surface area contributed by atoms with E-state index in [-0.39, 0.29) is 11.9 Å². The van der Waals surface area contributed by atoms with Crippen molar-refractivity contribution >= 4 is 23.3 Å². The van der Waals surface area contributed by atoms with Gasteiger partial charge in [-0.25, -0.2) is 4.98 Å². The Kier molecular flexibility index (Phi) is 5.73. The Hall–Kier alpha value is -2.31. The number of pyridine rings is 1. The van der Waals surface area contributed by atoms with Gasteiger partial charge >= 0.3 is 0 Å². The number of nitrogens with one attached hydrogen (secondary N) is 1. The number of amides is 1. The minimum atomic E-state index is -0.0578. The molecule has 0 aliphatic carbocycles. The molecule has 25 heavy (non-hydrogen) atoms. The molecule has 0 radical (unpaired) electrons. The van der Waals surface area contributed by atoms with E-state index in [0.29, 0.717) is 12.1 Å². The summed E-state index contributed by atoms with van der Waals surface area (Å²) in [4.78, 5) is 17.7. The standard InChI is InChI=1S/C19H22N4OS/c1-14(20)9-10-21-19(24)15-5-7-17(8-6-15)25-13-16-12-23-11-3-2-4-18(23)22-16/h2-8,11-12,14H,9-10,13,20H2,1H3,(H,21,24). The van der Waals surface area contributed by atoms with E-state index in [2.05, 4.69) is 10.3 Å². The van der Waals surface area contributed by atoms with E-state index in [1.807, 2.05) is 66.2 Å². The van der Waals surface area contributed by atoms with Gasteiger partial charge in [0, 0.05) is 41.2 Å². The largest absolute Gasteiger partial charge is 0.352 e. The zero-order valence-corrected chi connectivity index (χ0v) is 15.0. The van der Waals surface area contributed by atoms with E-state index in [1.54, 1.807) is 11.8 Å². The first-order chi connectivity index (χ1) is 12.1. The average Bonchev–Trinajstić information content (AvgIpc) is 3.03. The second-order valence-corrected chi connectivity index (χ2v) is 7.08. The molecule has 5 nitrogen and oxygen atoms in total. The van der Waals surface area contributed by atoms with Crippen molar-refractivity contribution in [3.05, 3.63) is 66.1 Å². The van der Waals surface area contributed by atoms with Crippen molar-refractivity contribution in [2.45, 2.75) is 30.0 Å². The molecule has 0 saturated carbocycles. The van der Waals surface area contributed by atoms with Gasteiger partial charge in [-0.1, -0.05) is 6.07 Å². The van der Waals surface area contributed by atoms with Crippen LogP contribution >= 0.6 is 11.8 Å². The zero-order valence-electron chi connectivity index (χ0n) is 14.2. The fraction of sp³-hybridized carbons (Fsp3) is 0.263. The third-order valence-corrected chi connectivity index (χ3v) is 4.85. The molecule has 0 aliphatic rings. The van der Waals surface area contributed by atoms with Crippen LogP contribution in [0.4, 0.5) is 0 Å². The van der Waals surface area contributed by atoms with Crippen LogP contribution in [0.3, 0.4) is 0 Å². The molecule has 3 aromatic rings. The van der Waals surface area contributed by atoms with Crippen LogP contribution in [0.15, 0.2) is 59.8 Å². The minimum Gasteiger partial charge on any atom is -0.352 e.